The minimum absolute atomic E-state index is 0.00873. The van der Waals surface area contributed by atoms with Crippen molar-refractivity contribution in [2.24, 2.45) is 0 Å². The highest BCUT2D eigenvalue weighted by Gasteiger charge is 2.05. The predicted molar refractivity (Wildman–Crippen MR) is 50.9 cm³/mol. The SMILES string of the molecule is [NH]CC(=O)OCc1ccc([N+](=O)[O-])cc1. The minimum atomic E-state index is -0.617. The van der Waals surface area contributed by atoms with Gasteiger partial charge in [0.2, 0.25) is 0 Å². The summed E-state index contributed by atoms with van der Waals surface area (Å²) in [6.45, 7) is -0.386. The summed E-state index contributed by atoms with van der Waals surface area (Å²) in [5.41, 5.74) is 7.35. The standard InChI is InChI=1S/C9H9N2O4/c10-5-9(12)15-6-7-1-3-8(4-2-7)11(13)14/h1-4,10H,5-6H2. The Morgan fingerprint density at radius 2 is 2.00 bits per heavy atom. The van der Waals surface area contributed by atoms with E-state index in [9.17, 15) is 14.9 Å². The number of benzene rings is 1. The molecule has 0 aromatic heterocycles. The molecule has 79 valence electrons. The van der Waals surface area contributed by atoms with E-state index in [1.165, 1.54) is 24.3 Å². The lowest BCUT2D eigenvalue weighted by Crippen LogP contribution is -2.09. The Morgan fingerprint density at radius 1 is 1.40 bits per heavy atom. The van der Waals surface area contributed by atoms with E-state index in [0.29, 0.717) is 5.56 Å². The molecule has 0 saturated carbocycles. The number of hydrogen-bond acceptors (Lipinski definition) is 4. The van der Waals surface area contributed by atoms with Crippen LogP contribution in [0.15, 0.2) is 24.3 Å². The summed E-state index contributed by atoms with van der Waals surface area (Å²) in [7, 11) is 0. The molecule has 0 spiro atoms. The second-order valence-corrected chi connectivity index (χ2v) is 2.76. The summed E-state index contributed by atoms with van der Waals surface area (Å²) < 4.78 is 4.68. The summed E-state index contributed by atoms with van der Waals surface area (Å²) in [6.07, 6.45) is 0. The van der Waals surface area contributed by atoms with Gasteiger partial charge in [-0.25, -0.2) is 5.73 Å². The van der Waals surface area contributed by atoms with Gasteiger partial charge in [0.1, 0.15) is 13.2 Å². The summed E-state index contributed by atoms with van der Waals surface area (Å²) in [4.78, 5) is 20.5. The largest absolute Gasteiger partial charge is 0.460 e. The Balaban J connectivity index is 2.57. The Morgan fingerprint density at radius 3 is 2.47 bits per heavy atom. The van der Waals surface area contributed by atoms with Gasteiger partial charge in [0.05, 0.1) is 4.92 Å². The lowest BCUT2D eigenvalue weighted by Gasteiger charge is -2.02. The van der Waals surface area contributed by atoms with E-state index in [0.717, 1.165) is 0 Å². The van der Waals surface area contributed by atoms with Gasteiger partial charge < -0.3 is 4.74 Å². The average molecular weight is 209 g/mol. The normalized spacial score (nSPS) is 9.67. The summed E-state index contributed by atoms with van der Waals surface area (Å²) >= 11 is 0. The molecule has 1 aromatic rings. The van der Waals surface area contributed by atoms with Crippen molar-refractivity contribution in [2.45, 2.75) is 6.61 Å². The van der Waals surface area contributed by atoms with Gasteiger partial charge in [0.25, 0.3) is 5.69 Å². The van der Waals surface area contributed by atoms with Crippen molar-refractivity contribution in [3.8, 4) is 0 Å². The number of non-ortho nitro benzene ring substituents is 1. The molecular weight excluding hydrogens is 200 g/mol. The van der Waals surface area contributed by atoms with Gasteiger partial charge in [-0.1, -0.05) is 0 Å². The van der Waals surface area contributed by atoms with E-state index >= 15 is 0 Å². The smallest absolute Gasteiger partial charge is 0.321 e. The van der Waals surface area contributed by atoms with Crippen LogP contribution in [0.5, 0.6) is 0 Å². The molecule has 0 saturated heterocycles. The van der Waals surface area contributed by atoms with Crippen LogP contribution in [0.4, 0.5) is 5.69 Å². The number of rotatable bonds is 4. The Kier molecular flexibility index (Phi) is 3.75. The fourth-order valence-electron chi connectivity index (χ4n) is 0.929. The molecule has 6 nitrogen and oxygen atoms in total. The van der Waals surface area contributed by atoms with E-state index in [1.54, 1.807) is 0 Å². The van der Waals surface area contributed by atoms with Crippen LogP contribution in [0.25, 0.3) is 0 Å². The van der Waals surface area contributed by atoms with Crippen LogP contribution in [0, 0.1) is 10.1 Å². The zero-order chi connectivity index (χ0) is 11.3. The molecule has 0 amide bonds. The molecule has 0 bridgehead atoms. The molecule has 0 fully saturated rings. The Bertz CT molecular complexity index is 361. The molecule has 1 radical (unpaired) electrons. The second kappa shape index (κ2) is 5.06. The summed E-state index contributed by atoms with van der Waals surface area (Å²) in [5.74, 6) is -0.617. The quantitative estimate of drug-likeness (QED) is 0.418. The van der Waals surface area contributed by atoms with Gasteiger partial charge in [-0.05, 0) is 17.7 Å². The number of nitrogens with zero attached hydrogens (tertiary/aromatic N) is 1. The number of carbonyl (C=O) groups is 1. The number of hydrogen-bond donors (Lipinski definition) is 0. The highest BCUT2D eigenvalue weighted by atomic mass is 16.6. The second-order valence-electron chi connectivity index (χ2n) is 2.76. The van der Waals surface area contributed by atoms with Gasteiger partial charge >= 0.3 is 5.97 Å². The Labute approximate surface area is 85.8 Å². The topological polar surface area (TPSA) is 93.2 Å². The molecule has 15 heavy (non-hydrogen) atoms. The van der Waals surface area contributed by atoms with E-state index in [1.807, 2.05) is 0 Å². The number of nitrogens with one attached hydrogen (secondary N) is 1. The van der Waals surface area contributed by atoms with Crippen LogP contribution in [0.1, 0.15) is 5.56 Å². The maximum Gasteiger partial charge on any atom is 0.321 e. The molecule has 1 rings (SSSR count). The third-order valence-electron chi connectivity index (χ3n) is 1.69. The summed E-state index contributed by atoms with van der Waals surface area (Å²) in [6, 6.07) is 5.69. The minimum Gasteiger partial charge on any atom is -0.460 e. The number of nitro benzene ring substituents is 1. The molecule has 6 heteroatoms. The van der Waals surface area contributed by atoms with Gasteiger partial charge in [0.15, 0.2) is 0 Å². The number of esters is 1. The first-order valence-corrected chi connectivity index (χ1v) is 4.17. The van der Waals surface area contributed by atoms with Crippen LogP contribution in [0.3, 0.4) is 0 Å². The summed E-state index contributed by atoms with van der Waals surface area (Å²) in [5, 5.41) is 10.3. The molecule has 1 aromatic carbocycles. The number of carbonyl (C=O) groups excluding carboxylic acids is 1. The zero-order valence-electron chi connectivity index (χ0n) is 7.80. The van der Waals surface area contributed by atoms with E-state index in [-0.39, 0.29) is 12.3 Å². The third kappa shape index (κ3) is 3.35. The van der Waals surface area contributed by atoms with Crippen LogP contribution in [0.2, 0.25) is 0 Å². The van der Waals surface area contributed by atoms with Crippen molar-refractivity contribution in [1.82, 2.24) is 5.73 Å². The van der Waals surface area contributed by atoms with Gasteiger partial charge in [-0.3, -0.25) is 14.9 Å². The van der Waals surface area contributed by atoms with Crippen LogP contribution < -0.4 is 5.73 Å². The predicted octanol–water partition coefficient (Wildman–Crippen LogP) is 0.921. The lowest BCUT2D eigenvalue weighted by atomic mass is 10.2. The van der Waals surface area contributed by atoms with Crippen molar-refractivity contribution in [1.29, 1.82) is 0 Å². The third-order valence-corrected chi connectivity index (χ3v) is 1.69. The van der Waals surface area contributed by atoms with Gasteiger partial charge in [-0.2, -0.15) is 0 Å². The maximum absolute atomic E-state index is 10.6. The van der Waals surface area contributed by atoms with Crippen molar-refractivity contribution >= 4 is 11.7 Å². The molecule has 0 aliphatic carbocycles. The zero-order valence-corrected chi connectivity index (χ0v) is 7.80. The first kappa shape index (κ1) is 11.1. The monoisotopic (exact) mass is 209 g/mol. The Hall–Kier alpha value is -1.95. The molecular formula is C9H9N2O4. The van der Waals surface area contributed by atoms with Crippen LogP contribution in [-0.4, -0.2) is 17.4 Å². The van der Waals surface area contributed by atoms with E-state index < -0.39 is 17.4 Å². The molecule has 0 aliphatic rings. The van der Waals surface area contributed by atoms with E-state index in [2.05, 4.69) is 4.74 Å². The van der Waals surface area contributed by atoms with E-state index in [4.69, 9.17) is 5.73 Å². The number of ether oxygens (including phenoxy) is 1. The molecule has 0 heterocycles. The molecule has 0 unspecified atom stereocenters. The van der Waals surface area contributed by atoms with Crippen LogP contribution >= 0.6 is 0 Å². The van der Waals surface area contributed by atoms with Crippen LogP contribution in [-0.2, 0) is 16.1 Å². The number of nitro groups is 1. The maximum atomic E-state index is 10.6. The van der Waals surface area contributed by atoms with Crippen molar-refractivity contribution < 1.29 is 14.5 Å². The van der Waals surface area contributed by atoms with Gasteiger partial charge in [-0.15, -0.1) is 0 Å². The highest BCUT2D eigenvalue weighted by molar-refractivity contribution is 5.71. The first-order chi connectivity index (χ1) is 7.13. The van der Waals surface area contributed by atoms with Gasteiger partial charge in [0, 0.05) is 12.1 Å². The molecule has 1 N–H and O–H groups in total. The van der Waals surface area contributed by atoms with Crippen molar-refractivity contribution in [3.63, 3.8) is 0 Å². The highest BCUT2D eigenvalue weighted by Crippen LogP contribution is 2.12. The average Bonchev–Trinajstić information content (AvgIpc) is 2.26. The van der Waals surface area contributed by atoms with Crippen molar-refractivity contribution in [3.05, 3.63) is 39.9 Å². The molecule has 0 atom stereocenters. The van der Waals surface area contributed by atoms with Crippen molar-refractivity contribution in [2.75, 3.05) is 6.54 Å². The first-order valence-electron chi connectivity index (χ1n) is 4.17. The lowest BCUT2D eigenvalue weighted by molar-refractivity contribution is -0.384. The fraction of sp³-hybridized carbons (Fsp3) is 0.222. The fourth-order valence-corrected chi connectivity index (χ4v) is 0.929. The molecule has 0 aliphatic heterocycles.